The van der Waals surface area contributed by atoms with Crippen LogP contribution in [0.4, 0.5) is 0 Å². The van der Waals surface area contributed by atoms with Gasteiger partial charge in [-0.1, -0.05) is 5.21 Å². The molecule has 1 unspecified atom stereocenters. The van der Waals surface area contributed by atoms with Crippen molar-refractivity contribution >= 4 is 5.91 Å². The van der Waals surface area contributed by atoms with Gasteiger partial charge in [-0.25, -0.2) is 4.68 Å². The summed E-state index contributed by atoms with van der Waals surface area (Å²) in [5.41, 5.74) is -0.349. The molecule has 4 fully saturated rings. The monoisotopic (exact) mass is 334 g/mol. The summed E-state index contributed by atoms with van der Waals surface area (Å²) < 4.78 is 1.85. The third-order valence-electron chi connectivity index (χ3n) is 5.89. The van der Waals surface area contributed by atoms with Crippen LogP contribution >= 0.6 is 0 Å². The van der Waals surface area contributed by atoms with E-state index in [1.165, 1.54) is 4.90 Å². The summed E-state index contributed by atoms with van der Waals surface area (Å²) >= 11 is 0. The average Bonchev–Trinajstić information content (AvgIpc) is 3.21. The highest BCUT2D eigenvalue weighted by molar-refractivity contribution is 5.79. The molecule has 2 bridgehead atoms. The van der Waals surface area contributed by atoms with Crippen LogP contribution in [0.2, 0.25) is 0 Å². The summed E-state index contributed by atoms with van der Waals surface area (Å²) in [5, 5.41) is 21.5. The van der Waals surface area contributed by atoms with Crippen molar-refractivity contribution in [2.24, 2.45) is 11.8 Å². The van der Waals surface area contributed by atoms with E-state index in [4.69, 9.17) is 0 Å². The molecule has 24 heavy (non-hydrogen) atoms. The van der Waals surface area contributed by atoms with Crippen molar-refractivity contribution in [1.82, 2.24) is 20.3 Å². The molecular formula is C17H28N5O2+. The molecule has 4 heterocycles. The standard InChI is InChI=1S/C17H27N5O2/c1-17(2,24)15-10-22(20-19-15)8-13-7-11-5-6-21(13)9-14(11)16(23)18-12-3-4-12/h10-14,24H,3-9H2,1-2H3,(H,18,23)/p+1/t11-,13+,14-/m0/s1. The van der Waals surface area contributed by atoms with Crippen molar-refractivity contribution in [3.05, 3.63) is 11.9 Å². The second-order valence-electron chi connectivity index (χ2n) is 8.37. The molecule has 3 saturated heterocycles. The molecule has 5 rings (SSSR count). The van der Waals surface area contributed by atoms with Crippen molar-refractivity contribution in [3.63, 3.8) is 0 Å². The molecular weight excluding hydrogens is 306 g/mol. The largest absolute Gasteiger partial charge is 0.384 e. The lowest BCUT2D eigenvalue weighted by atomic mass is 9.75. The van der Waals surface area contributed by atoms with E-state index in [2.05, 4.69) is 15.6 Å². The van der Waals surface area contributed by atoms with E-state index in [9.17, 15) is 9.90 Å². The number of hydrogen-bond donors (Lipinski definition) is 3. The summed E-state index contributed by atoms with van der Waals surface area (Å²) in [5.74, 6) is 0.972. The number of rotatable bonds is 5. The van der Waals surface area contributed by atoms with Gasteiger partial charge in [-0.15, -0.1) is 5.10 Å². The van der Waals surface area contributed by atoms with Gasteiger partial charge in [-0.3, -0.25) is 4.79 Å². The van der Waals surface area contributed by atoms with Crippen LogP contribution in [0.15, 0.2) is 6.20 Å². The quantitative estimate of drug-likeness (QED) is 0.650. The Bertz CT molecular complexity index is 619. The second kappa shape index (κ2) is 5.81. The van der Waals surface area contributed by atoms with E-state index in [0.29, 0.717) is 23.7 Å². The Balaban J connectivity index is 1.38. The van der Waals surface area contributed by atoms with Gasteiger partial charge in [0, 0.05) is 18.9 Å². The van der Waals surface area contributed by atoms with Crippen molar-refractivity contribution in [2.75, 3.05) is 13.1 Å². The Morgan fingerprint density at radius 1 is 1.46 bits per heavy atom. The van der Waals surface area contributed by atoms with E-state index < -0.39 is 5.60 Å². The van der Waals surface area contributed by atoms with Gasteiger partial charge in [-0.2, -0.15) is 0 Å². The van der Waals surface area contributed by atoms with Crippen molar-refractivity contribution < 1.29 is 14.8 Å². The summed E-state index contributed by atoms with van der Waals surface area (Å²) in [6.07, 6.45) is 6.38. The molecule has 4 aliphatic rings. The minimum absolute atomic E-state index is 0.188. The van der Waals surface area contributed by atoms with Crippen LogP contribution in [-0.2, 0) is 16.9 Å². The molecule has 1 aromatic rings. The van der Waals surface area contributed by atoms with Gasteiger partial charge in [-0.05, 0) is 32.6 Å². The number of carbonyl (C=O) groups is 1. The molecule has 3 N–H and O–H groups in total. The number of nitrogens with zero attached hydrogens (tertiary/aromatic N) is 3. The number of fused-ring (bicyclic) bond motifs is 3. The zero-order valence-electron chi connectivity index (χ0n) is 14.5. The lowest BCUT2D eigenvalue weighted by Gasteiger charge is -2.46. The Morgan fingerprint density at radius 3 is 2.83 bits per heavy atom. The Morgan fingerprint density at radius 2 is 2.25 bits per heavy atom. The number of amides is 1. The summed E-state index contributed by atoms with van der Waals surface area (Å²) in [6, 6.07) is 0.944. The van der Waals surface area contributed by atoms with Crippen LogP contribution in [0.1, 0.15) is 45.2 Å². The number of nitrogens with one attached hydrogen (secondary N) is 2. The molecule has 1 saturated carbocycles. The van der Waals surface area contributed by atoms with E-state index in [0.717, 1.165) is 45.3 Å². The maximum atomic E-state index is 12.4. The lowest BCUT2D eigenvalue weighted by molar-refractivity contribution is -0.945. The summed E-state index contributed by atoms with van der Waals surface area (Å²) in [7, 11) is 0. The highest BCUT2D eigenvalue weighted by Gasteiger charge is 2.47. The van der Waals surface area contributed by atoms with Gasteiger partial charge >= 0.3 is 0 Å². The molecule has 1 aliphatic carbocycles. The fourth-order valence-corrected chi connectivity index (χ4v) is 4.25. The lowest BCUT2D eigenvalue weighted by Crippen LogP contribution is -3.20. The number of aliphatic hydroxyl groups is 1. The molecule has 7 nitrogen and oxygen atoms in total. The highest BCUT2D eigenvalue weighted by atomic mass is 16.3. The Labute approximate surface area is 142 Å². The Hall–Kier alpha value is -1.47. The molecule has 1 amide bonds. The van der Waals surface area contributed by atoms with Gasteiger partial charge in [0.1, 0.15) is 17.3 Å². The smallest absolute Gasteiger partial charge is 0.229 e. The zero-order valence-corrected chi connectivity index (χ0v) is 14.5. The normalized spacial score (nSPS) is 32.8. The predicted molar refractivity (Wildman–Crippen MR) is 87.1 cm³/mol. The van der Waals surface area contributed by atoms with Gasteiger partial charge in [0.15, 0.2) is 0 Å². The second-order valence-corrected chi connectivity index (χ2v) is 8.37. The predicted octanol–water partition coefficient (Wildman–Crippen LogP) is -0.923. The third-order valence-corrected chi connectivity index (χ3v) is 5.89. The molecule has 1 aromatic heterocycles. The maximum absolute atomic E-state index is 12.4. The first kappa shape index (κ1) is 16.0. The van der Waals surface area contributed by atoms with E-state index in [1.807, 2.05) is 10.9 Å². The topological polar surface area (TPSA) is 84.5 Å². The van der Waals surface area contributed by atoms with Crippen molar-refractivity contribution in [3.8, 4) is 0 Å². The van der Waals surface area contributed by atoms with Crippen LogP contribution in [0.25, 0.3) is 0 Å². The number of carbonyl (C=O) groups excluding carboxylic acids is 1. The maximum Gasteiger partial charge on any atom is 0.229 e. The average molecular weight is 334 g/mol. The molecule has 3 aliphatic heterocycles. The molecule has 0 spiro atoms. The van der Waals surface area contributed by atoms with Crippen molar-refractivity contribution in [1.29, 1.82) is 0 Å². The van der Waals surface area contributed by atoms with Crippen LogP contribution in [0, 0.1) is 11.8 Å². The molecule has 132 valence electrons. The van der Waals surface area contributed by atoms with Crippen LogP contribution < -0.4 is 10.2 Å². The summed E-state index contributed by atoms with van der Waals surface area (Å²) in [6.45, 7) is 6.35. The van der Waals surface area contributed by atoms with Crippen LogP contribution in [0.3, 0.4) is 0 Å². The highest BCUT2D eigenvalue weighted by Crippen LogP contribution is 2.29. The van der Waals surface area contributed by atoms with Gasteiger partial charge < -0.3 is 15.3 Å². The van der Waals surface area contributed by atoms with Crippen LogP contribution in [-0.4, -0.2) is 51.2 Å². The minimum atomic E-state index is -0.955. The fourth-order valence-electron chi connectivity index (χ4n) is 4.25. The van der Waals surface area contributed by atoms with E-state index >= 15 is 0 Å². The molecule has 4 atom stereocenters. The van der Waals surface area contributed by atoms with Crippen molar-refractivity contribution in [2.45, 2.75) is 63.8 Å². The van der Waals surface area contributed by atoms with E-state index in [1.54, 1.807) is 13.8 Å². The van der Waals surface area contributed by atoms with Crippen LogP contribution in [0.5, 0.6) is 0 Å². The first-order chi connectivity index (χ1) is 11.4. The fraction of sp³-hybridized carbons (Fsp3) is 0.824. The molecule has 7 heteroatoms. The SMILES string of the molecule is CC(C)(O)c1cn(C[C@H]2C[C@@H]3CC[NH+]2C[C@@H]3C(=O)NC2CC2)nn1. The number of aromatic nitrogens is 3. The minimum Gasteiger partial charge on any atom is -0.384 e. The molecule has 0 aromatic carbocycles. The number of hydrogen-bond acceptors (Lipinski definition) is 4. The molecule has 0 radical (unpaired) electrons. The summed E-state index contributed by atoms with van der Waals surface area (Å²) in [4.78, 5) is 14.0. The Kier molecular flexibility index (Phi) is 3.88. The van der Waals surface area contributed by atoms with Gasteiger partial charge in [0.25, 0.3) is 0 Å². The van der Waals surface area contributed by atoms with Gasteiger partial charge in [0.05, 0.1) is 31.7 Å². The van der Waals surface area contributed by atoms with Gasteiger partial charge in [0.2, 0.25) is 5.91 Å². The first-order valence-corrected chi connectivity index (χ1v) is 9.18. The first-order valence-electron chi connectivity index (χ1n) is 9.18. The zero-order chi connectivity index (χ0) is 16.9. The number of piperidine rings is 3. The third kappa shape index (κ3) is 3.19. The number of quaternary nitrogens is 1. The van der Waals surface area contributed by atoms with E-state index in [-0.39, 0.29) is 11.8 Å².